The van der Waals surface area contributed by atoms with E-state index < -0.39 is 12.0 Å². The summed E-state index contributed by atoms with van der Waals surface area (Å²) in [6.07, 6.45) is 1.55. The molecule has 2 aromatic carbocycles. The predicted octanol–water partition coefficient (Wildman–Crippen LogP) is 4.59. The third-order valence-electron chi connectivity index (χ3n) is 4.64. The fourth-order valence-corrected chi connectivity index (χ4v) is 4.73. The lowest BCUT2D eigenvalue weighted by molar-refractivity contribution is -0.142. The fourth-order valence-electron chi connectivity index (χ4n) is 3.49. The Kier molecular flexibility index (Phi) is 4.46. The lowest BCUT2D eigenvalue weighted by Gasteiger charge is -2.30. The zero-order valence-electron chi connectivity index (χ0n) is 13.4. The maximum absolute atomic E-state index is 11.7. The number of likely N-dealkylation sites (tertiary alicyclic amines) is 1. The van der Waals surface area contributed by atoms with Crippen LogP contribution in [0.25, 0.3) is 10.2 Å². The highest BCUT2D eigenvalue weighted by Crippen LogP contribution is 2.38. The van der Waals surface area contributed by atoms with Crippen LogP contribution in [-0.4, -0.2) is 33.5 Å². The standard InChI is InChI=1S/C19H17ClN2O2S/c20-13-9-7-12(8-10-13)17(22-11-3-5-15(22)19(23)24)18-21-14-4-1-2-6-16(14)25-18/h1-2,4,6-10,15,17H,3,5,11H2,(H,23,24). The van der Waals surface area contributed by atoms with Crippen LogP contribution in [0.1, 0.15) is 29.5 Å². The minimum Gasteiger partial charge on any atom is -0.480 e. The number of thiazole rings is 1. The lowest BCUT2D eigenvalue weighted by atomic mass is 10.0. The number of hydrogen-bond acceptors (Lipinski definition) is 4. The summed E-state index contributed by atoms with van der Waals surface area (Å²) in [4.78, 5) is 18.6. The van der Waals surface area contributed by atoms with Crippen molar-refractivity contribution in [3.8, 4) is 0 Å². The zero-order valence-corrected chi connectivity index (χ0v) is 15.0. The third kappa shape index (κ3) is 3.15. The molecule has 1 saturated heterocycles. The first-order valence-electron chi connectivity index (χ1n) is 8.23. The number of aliphatic carboxylic acids is 1. The van der Waals surface area contributed by atoms with Gasteiger partial charge in [0.15, 0.2) is 0 Å². The van der Waals surface area contributed by atoms with Gasteiger partial charge in [0.1, 0.15) is 11.0 Å². The maximum atomic E-state index is 11.7. The number of carboxylic acid groups (broad SMARTS) is 1. The number of carboxylic acids is 1. The van der Waals surface area contributed by atoms with Gasteiger partial charge in [-0.25, -0.2) is 4.98 Å². The van der Waals surface area contributed by atoms with Crippen LogP contribution >= 0.6 is 22.9 Å². The van der Waals surface area contributed by atoms with Crippen LogP contribution in [0.15, 0.2) is 48.5 Å². The number of fused-ring (bicyclic) bond motifs is 1. The molecule has 1 N–H and O–H groups in total. The van der Waals surface area contributed by atoms with Crippen LogP contribution in [0.2, 0.25) is 5.02 Å². The summed E-state index contributed by atoms with van der Waals surface area (Å²) in [5.41, 5.74) is 1.98. The Bertz CT molecular complexity index is 876. The molecule has 2 heterocycles. The van der Waals surface area contributed by atoms with Crippen molar-refractivity contribution in [1.82, 2.24) is 9.88 Å². The zero-order chi connectivity index (χ0) is 17.4. The Labute approximate surface area is 154 Å². The molecular formula is C19H17ClN2O2S. The van der Waals surface area contributed by atoms with Gasteiger partial charge in [0.2, 0.25) is 0 Å². The number of rotatable bonds is 4. The summed E-state index contributed by atoms with van der Waals surface area (Å²) < 4.78 is 1.11. The van der Waals surface area contributed by atoms with Crippen LogP contribution in [0.3, 0.4) is 0 Å². The lowest BCUT2D eigenvalue weighted by Crippen LogP contribution is -2.39. The van der Waals surface area contributed by atoms with Gasteiger partial charge in [-0.3, -0.25) is 9.69 Å². The van der Waals surface area contributed by atoms with Gasteiger partial charge in [-0.1, -0.05) is 35.9 Å². The van der Waals surface area contributed by atoms with Crippen LogP contribution < -0.4 is 0 Å². The van der Waals surface area contributed by atoms with Crippen molar-refractivity contribution in [2.45, 2.75) is 24.9 Å². The molecular weight excluding hydrogens is 356 g/mol. The van der Waals surface area contributed by atoms with Gasteiger partial charge in [0.25, 0.3) is 0 Å². The molecule has 6 heteroatoms. The van der Waals surface area contributed by atoms with E-state index in [0.29, 0.717) is 11.4 Å². The van der Waals surface area contributed by atoms with E-state index in [1.165, 1.54) is 0 Å². The summed E-state index contributed by atoms with van der Waals surface area (Å²) in [5.74, 6) is -0.766. The second-order valence-corrected chi connectivity index (χ2v) is 7.71. The molecule has 1 aromatic heterocycles. The van der Waals surface area contributed by atoms with E-state index >= 15 is 0 Å². The summed E-state index contributed by atoms with van der Waals surface area (Å²) >= 11 is 7.67. The number of aromatic nitrogens is 1. The van der Waals surface area contributed by atoms with Crippen molar-refractivity contribution < 1.29 is 9.90 Å². The average Bonchev–Trinajstić information content (AvgIpc) is 3.24. The van der Waals surface area contributed by atoms with Crippen LogP contribution in [0.5, 0.6) is 0 Å². The van der Waals surface area contributed by atoms with E-state index in [4.69, 9.17) is 16.6 Å². The highest BCUT2D eigenvalue weighted by atomic mass is 35.5. The first kappa shape index (κ1) is 16.5. The number of para-hydroxylation sites is 1. The summed E-state index contributed by atoms with van der Waals surface area (Å²) in [6.45, 7) is 0.750. The van der Waals surface area contributed by atoms with Crippen LogP contribution in [0.4, 0.5) is 0 Å². The first-order chi connectivity index (χ1) is 12.1. The van der Waals surface area contributed by atoms with Gasteiger partial charge in [0, 0.05) is 11.6 Å². The van der Waals surface area contributed by atoms with Gasteiger partial charge in [-0.15, -0.1) is 11.3 Å². The van der Waals surface area contributed by atoms with E-state index in [2.05, 4.69) is 4.90 Å². The van der Waals surface area contributed by atoms with Gasteiger partial charge in [-0.2, -0.15) is 0 Å². The number of carbonyl (C=O) groups is 1. The van der Waals surface area contributed by atoms with Crippen molar-refractivity contribution in [3.63, 3.8) is 0 Å². The van der Waals surface area contributed by atoms with E-state index in [-0.39, 0.29) is 6.04 Å². The van der Waals surface area contributed by atoms with Gasteiger partial charge in [0.05, 0.1) is 16.3 Å². The Morgan fingerprint density at radius 2 is 2.00 bits per heavy atom. The van der Waals surface area contributed by atoms with E-state index in [1.807, 2.05) is 48.5 Å². The van der Waals surface area contributed by atoms with Crippen molar-refractivity contribution in [3.05, 3.63) is 64.1 Å². The fraction of sp³-hybridized carbons (Fsp3) is 0.263. The Morgan fingerprint density at radius 3 is 2.72 bits per heavy atom. The molecule has 128 valence electrons. The molecule has 0 spiro atoms. The van der Waals surface area contributed by atoms with Crippen molar-refractivity contribution in [1.29, 1.82) is 0 Å². The Balaban J connectivity index is 1.83. The molecule has 0 amide bonds. The minimum atomic E-state index is -0.766. The minimum absolute atomic E-state index is 0.168. The summed E-state index contributed by atoms with van der Waals surface area (Å²) in [6, 6.07) is 15.0. The molecule has 1 aliphatic rings. The second kappa shape index (κ2) is 6.75. The second-order valence-electron chi connectivity index (χ2n) is 6.21. The molecule has 1 fully saturated rings. The molecule has 4 rings (SSSR count). The predicted molar refractivity (Wildman–Crippen MR) is 100 cm³/mol. The number of benzene rings is 2. The highest BCUT2D eigenvalue weighted by molar-refractivity contribution is 7.18. The SMILES string of the molecule is O=C(O)C1CCCN1C(c1ccc(Cl)cc1)c1nc2ccccc2s1. The van der Waals surface area contributed by atoms with Gasteiger partial charge >= 0.3 is 5.97 Å². The molecule has 0 radical (unpaired) electrons. The van der Waals surface area contributed by atoms with Gasteiger partial charge in [-0.05, 0) is 42.7 Å². The molecule has 4 nitrogen and oxygen atoms in total. The smallest absolute Gasteiger partial charge is 0.320 e. The van der Waals surface area contributed by atoms with Crippen molar-refractivity contribution >= 4 is 39.1 Å². The van der Waals surface area contributed by atoms with Crippen molar-refractivity contribution in [2.24, 2.45) is 0 Å². The first-order valence-corrected chi connectivity index (χ1v) is 9.42. The molecule has 3 aromatic rings. The number of nitrogens with zero attached hydrogens (tertiary/aromatic N) is 2. The largest absolute Gasteiger partial charge is 0.480 e. The molecule has 0 aliphatic carbocycles. The van der Waals surface area contributed by atoms with E-state index in [1.54, 1.807) is 11.3 Å². The quantitative estimate of drug-likeness (QED) is 0.727. The average molecular weight is 373 g/mol. The number of halogens is 1. The molecule has 2 atom stereocenters. The Hall–Kier alpha value is -1.95. The van der Waals surface area contributed by atoms with Crippen molar-refractivity contribution in [2.75, 3.05) is 6.54 Å². The molecule has 0 bridgehead atoms. The highest BCUT2D eigenvalue weighted by Gasteiger charge is 2.38. The number of hydrogen-bond donors (Lipinski definition) is 1. The topological polar surface area (TPSA) is 53.4 Å². The van der Waals surface area contributed by atoms with Gasteiger partial charge < -0.3 is 5.11 Å². The molecule has 2 unspecified atom stereocenters. The Morgan fingerprint density at radius 1 is 1.24 bits per heavy atom. The molecule has 0 saturated carbocycles. The maximum Gasteiger partial charge on any atom is 0.320 e. The summed E-state index contributed by atoms with van der Waals surface area (Å²) in [5, 5.41) is 11.2. The van der Waals surface area contributed by atoms with E-state index in [9.17, 15) is 9.90 Å². The third-order valence-corrected chi connectivity index (χ3v) is 5.98. The molecule has 25 heavy (non-hydrogen) atoms. The normalized spacial score (nSPS) is 19.3. The monoisotopic (exact) mass is 372 g/mol. The van der Waals surface area contributed by atoms with E-state index in [0.717, 1.165) is 33.8 Å². The summed E-state index contributed by atoms with van der Waals surface area (Å²) in [7, 11) is 0. The van der Waals surface area contributed by atoms with Crippen LogP contribution in [-0.2, 0) is 4.79 Å². The molecule has 1 aliphatic heterocycles. The van der Waals surface area contributed by atoms with Crippen LogP contribution in [0, 0.1) is 0 Å².